The lowest BCUT2D eigenvalue weighted by Crippen LogP contribution is -2.03. The summed E-state index contributed by atoms with van der Waals surface area (Å²) in [6.45, 7) is 0. The number of benzene rings is 5. The van der Waals surface area contributed by atoms with Crippen LogP contribution in [0, 0.1) is 34.6 Å². The second kappa shape index (κ2) is 9.47. The molecule has 7 aromatic rings. The molecule has 0 aliphatic rings. The number of aromatic nitrogens is 3. The zero-order chi connectivity index (χ0) is 28.2. The number of pyridine rings is 1. The van der Waals surface area contributed by atoms with Gasteiger partial charge in [-0.3, -0.25) is 0 Å². The third-order valence-corrected chi connectivity index (χ3v) is 7.68. The van der Waals surface area contributed by atoms with Gasteiger partial charge in [0.2, 0.25) is 0 Å². The third kappa shape index (κ3) is 3.84. The summed E-state index contributed by atoms with van der Waals surface area (Å²) in [5.74, 6) is -7.31. The van der Waals surface area contributed by atoms with E-state index >= 15 is 0 Å². The fourth-order valence-electron chi connectivity index (χ4n) is 5.16. The van der Waals surface area contributed by atoms with Crippen molar-refractivity contribution in [2.24, 2.45) is 0 Å². The van der Waals surface area contributed by atoms with Crippen molar-refractivity contribution in [2.45, 2.75) is 0 Å². The molecule has 0 aliphatic carbocycles. The predicted octanol–water partition coefficient (Wildman–Crippen LogP) is 8.82. The summed E-state index contributed by atoms with van der Waals surface area (Å²) in [7, 11) is 0. The first-order valence-corrected chi connectivity index (χ1v) is 13.1. The zero-order valence-corrected chi connectivity index (χ0v) is 21.6. The summed E-state index contributed by atoms with van der Waals surface area (Å²) in [4.78, 5) is 4.96. The van der Waals surface area contributed by atoms with Gasteiger partial charge in [-0.05, 0) is 34.9 Å². The lowest BCUT2D eigenvalue weighted by Gasteiger charge is -2.12. The van der Waals surface area contributed by atoms with Crippen molar-refractivity contribution in [3.63, 3.8) is 0 Å². The molecular weight excluding hydrogens is 548 g/mol. The molecule has 0 atom stereocenters. The van der Waals surface area contributed by atoms with Crippen molar-refractivity contribution < 1.29 is 17.6 Å². The SMILES string of the molecule is N#Cc1c(F)c(F)c(F)c(F)c1-c1ccc(-c2ccc(-c3nc4ccccc4c4c3ccc3nsnc34)cc2)cc1. The molecule has 0 spiro atoms. The second-order valence-electron chi connectivity index (χ2n) is 9.37. The number of para-hydroxylation sites is 1. The third-order valence-electron chi connectivity index (χ3n) is 7.13. The Morgan fingerprint density at radius 3 is 1.93 bits per heavy atom. The van der Waals surface area contributed by atoms with E-state index in [1.165, 1.54) is 29.9 Å². The van der Waals surface area contributed by atoms with Gasteiger partial charge in [-0.1, -0.05) is 66.7 Å². The quantitative estimate of drug-likeness (QED) is 0.0934. The van der Waals surface area contributed by atoms with E-state index < -0.39 is 34.4 Å². The second-order valence-corrected chi connectivity index (χ2v) is 9.90. The predicted molar refractivity (Wildman–Crippen MR) is 151 cm³/mol. The van der Waals surface area contributed by atoms with E-state index in [4.69, 9.17) is 4.98 Å². The number of fused-ring (bicyclic) bond motifs is 5. The number of nitrogens with zero attached hydrogens (tertiary/aromatic N) is 4. The van der Waals surface area contributed by atoms with E-state index in [2.05, 4.69) is 8.75 Å². The average Bonchev–Trinajstić information content (AvgIpc) is 3.51. The molecule has 9 heteroatoms. The molecule has 4 nitrogen and oxygen atoms in total. The molecule has 5 aromatic carbocycles. The summed E-state index contributed by atoms with van der Waals surface area (Å²) in [5.41, 5.74) is 4.31. The van der Waals surface area contributed by atoms with E-state index in [1.54, 1.807) is 12.1 Å². The van der Waals surface area contributed by atoms with Crippen LogP contribution >= 0.6 is 11.7 Å². The lowest BCUT2D eigenvalue weighted by molar-refractivity contribution is 0.409. The van der Waals surface area contributed by atoms with E-state index in [-0.39, 0.29) is 5.56 Å². The van der Waals surface area contributed by atoms with Crippen LogP contribution in [0.1, 0.15) is 5.56 Å². The van der Waals surface area contributed by atoms with Crippen LogP contribution in [-0.2, 0) is 0 Å². The number of nitriles is 1. The molecule has 7 rings (SSSR count). The molecule has 0 fully saturated rings. The van der Waals surface area contributed by atoms with Gasteiger partial charge in [-0.25, -0.2) is 22.5 Å². The van der Waals surface area contributed by atoms with Crippen LogP contribution < -0.4 is 0 Å². The Balaban J connectivity index is 1.30. The Morgan fingerprint density at radius 2 is 1.22 bits per heavy atom. The van der Waals surface area contributed by atoms with E-state index in [0.29, 0.717) is 0 Å². The van der Waals surface area contributed by atoms with Crippen molar-refractivity contribution in [2.75, 3.05) is 0 Å². The normalized spacial score (nSPS) is 11.4. The molecule has 41 heavy (non-hydrogen) atoms. The van der Waals surface area contributed by atoms with Crippen molar-refractivity contribution in [1.29, 1.82) is 5.26 Å². The Labute approximate surface area is 234 Å². The smallest absolute Gasteiger partial charge is 0.198 e. The average molecular weight is 563 g/mol. The van der Waals surface area contributed by atoms with Crippen LogP contribution in [0.5, 0.6) is 0 Å². The van der Waals surface area contributed by atoms with Gasteiger partial charge in [0.15, 0.2) is 23.3 Å². The van der Waals surface area contributed by atoms with Crippen molar-refractivity contribution in [3.8, 4) is 39.6 Å². The zero-order valence-electron chi connectivity index (χ0n) is 20.8. The van der Waals surface area contributed by atoms with Gasteiger partial charge in [0.25, 0.3) is 0 Å². The topological polar surface area (TPSA) is 62.5 Å². The lowest BCUT2D eigenvalue weighted by atomic mass is 9.95. The molecule has 196 valence electrons. The van der Waals surface area contributed by atoms with Crippen LogP contribution in [0.2, 0.25) is 0 Å². The van der Waals surface area contributed by atoms with Gasteiger partial charge < -0.3 is 0 Å². The number of halogens is 4. The molecule has 0 bridgehead atoms. The van der Waals surface area contributed by atoms with Gasteiger partial charge in [0, 0.05) is 27.3 Å². The molecule has 2 heterocycles. The standard InChI is InChI=1S/C32H14F4N4S/c33-27-22(15-37)25(28(34)30(36)29(27)35)18-9-5-16(6-10-18)17-7-11-19(12-8-17)31-21-13-14-24-32(40-41-39-24)26(21)20-3-1-2-4-23(20)38-31/h1-14H. The Hall–Kier alpha value is -5.20. The molecule has 0 saturated heterocycles. The minimum atomic E-state index is -2.01. The summed E-state index contributed by atoms with van der Waals surface area (Å²) in [6.07, 6.45) is 0. The Bertz CT molecular complexity index is 2200. The van der Waals surface area contributed by atoms with Gasteiger partial charge in [-0.2, -0.15) is 14.0 Å². The van der Waals surface area contributed by atoms with Gasteiger partial charge in [-0.15, -0.1) is 0 Å². The van der Waals surface area contributed by atoms with Crippen LogP contribution in [0.25, 0.3) is 66.2 Å². The van der Waals surface area contributed by atoms with E-state index in [9.17, 15) is 22.8 Å². The summed E-state index contributed by atoms with van der Waals surface area (Å²) < 4.78 is 65.2. The maximum absolute atomic E-state index is 14.5. The highest BCUT2D eigenvalue weighted by atomic mass is 32.1. The highest BCUT2D eigenvalue weighted by molar-refractivity contribution is 7.00. The molecule has 0 aliphatic heterocycles. The van der Waals surface area contributed by atoms with Gasteiger partial charge >= 0.3 is 0 Å². The first kappa shape index (κ1) is 24.8. The largest absolute Gasteiger partial charge is 0.247 e. The molecule has 0 radical (unpaired) electrons. The molecule has 0 amide bonds. The van der Waals surface area contributed by atoms with Crippen LogP contribution in [-0.4, -0.2) is 13.7 Å². The Kier molecular flexibility index (Phi) is 5.73. The minimum Gasteiger partial charge on any atom is -0.247 e. The molecule has 0 saturated carbocycles. The van der Waals surface area contributed by atoms with Crippen LogP contribution in [0.4, 0.5) is 17.6 Å². The number of hydrogen-bond donors (Lipinski definition) is 0. The first-order chi connectivity index (χ1) is 20.0. The summed E-state index contributed by atoms with van der Waals surface area (Å²) in [6, 6.07) is 27.2. The number of hydrogen-bond acceptors (Lipinski definition) is 5. The highest BCUT2D eigenvalue weighted by Crippen LogP contribution is 2.37. The number of rotatable bonds is 3. The Morgan fingerprint density at radius 1 is 0.585 bits per heavy atom. The maximum atomic E-state index is 14.5. The van der Waals surface area contributed by atoms with Crippen molar-refractivity contribution in [1.82, 2.24) is 13.7 Å². The first-order valence-electron chi connectivity index (χ1n) is 12.4. The monoisotopic (exact) mass is 562 g/mol. The van der Waals surface area contributed by atoms with Crippen molar-refractivity contribution in [3.05, 3.63) is 114 Å². The van der Waals surface area contributed by atoms with Gasteiger partial charge in [0.1, 0.15) is 22.7 Å². The van der Waals surface area contributed by atoms with E-state index in [1.807, 2.05) is 60.7 Å². The van der Waals surface area contributed by atoms with Crippen molar-refractivity contribution >= 4 is 44.4 Å². The van der Waals surface area contributed by atoms with Crippen LogP contribution in [0.15, 0.2) is 84.9 Å². The van der Waals surface area contributed by atoms with Crippen LogP contribution in [0.3, 0.4) is 0 Å². The fraction of sp³-hybridized carbons (Fsp3) is 0. The van der Waals surface area contributed by atoms with E-state index in [0.717, 1.165) is 55.1 Å². The molecule has 0 unspecified atom stereocenters. The molecule has 0 N–H and O–H groups in total. The van der Waals surface area contributed by atoms with Gasteiger partial charge in [0.05, 0.1) is 22.9 Å². The maximum Gasteiger partial charge on any atom is 0.198 e. The summed E-state index contributed by atoms with van der Waals surface area (Å²) >= 11 is 1.17. The highest BCUT2D eigenvalue weighted by Gasteiger charge is 2.26. The molecular formula is C32H14F4N4S. The molecule has 2 aromatic heterocycles. The fourth-order valence-corrected chi connectivity index (χ4v) is 5.70. The minimum absolute atomic E-state index is 0.0481. The summed E-state index contributed by atoms with van der Waals surface area (Å²) in [5, 5.41) is 12.2.